The van der Waals surface area contributed by atoms with Gasteiger partial charge >= 0.3 is 5.97 Å². The molecule has 18 heavy (non-hydrogen) atoms. The summed E-state index contributed by atoms with van der Waals surface area (Å²) < 4.78 is 0. The van der Waals surface area contributed by atoms with Gasteiger partial charge in [-0.3, -0.25) is 9.69 Å². The van der Waals surface area contributed by atoms with E-state index in [1.54, 1.807) is 0 Å². The van der Waals surface area contributed by atoms with E-state index in [0.29, 0.717) is 11.5 Å². The van der Waals surface area contributed by atoms with E-state index in [1.165, 1.54) is 12.8 Å². The minimum absolute atomic E-state index is 0.450. The van der Waals surface area contributed by atoms with Crippen molar-refractivity contribution in [2.75, 3.05) is 6.54 Å². The van der Waals surface area contributed by atoms with Crippen molar-refractivity contribution in [1.29, 1.82) is 0 Å². The number of likely N-dealkylation sites (tertiary alicyclic amines) is 1. The van der Waals surface area contributed by atoms with Gasteiger partial charge in [-0.15, -0.1) is 0 Å². The van der Waals surface area contributed by atoms with Gasteiger partial charge < -0.3 is 5.11 Å². The monoisotopic (exact) mass is 253 g/mol. The Morgan fingerprint density at radius 3 is 2.28 bits per heavy atom. The summed E-state index contributed by atoms with van der Waals surface area (Å²) in [6, 6.07) is 0.486. The maximum atomic E-state index is 11.6. The fourth-order valence-electron chi connectivity index (χ4n) is 3.65. The molecule has 1 heterocycles. The Hall–Kier alpha value is -0.570. The lowest BCUT2D eigenvalue weighted by molar-refractivity contribution is -0.156. The maximum Gasteiger partial charge on any atom is 0.323 e. The zero-order valence-corrected chi connectivity index (χ0v) is 12.0. The standard InChI is InChI=1S/C15H27NO2/c1-14(2)9-6-12(7-10-14)16-11-5-4-8-15(16,3)13(17)18/h12H,4-11H2,1-3H3,(H,17,18). The van der Waals surface area contributed by atoms with E-state index in [-0.39, 0.29) is 0 Å². The van der Waals surface area contributed by atoms with E-state index < -0.39 is 11.5 Å². The molecule has 1 atom stereocenters. The first-order valence-corrected chi connectivity index (χ1v) is 7.35. The Bertz CT molecular complexity index is 316. The van der Waals surface area contributed by atoms with Gasteiger partial charge in [-0.2, -0.15) is 0 Å². The molecule has 0 radical (unpaired) electrons. The van der Waals surface area contributed by atoms with Crippen LogP contribution in [0.5, 0.6) is 0 Å². The van der Waals surface area contributed by atoms with Crippen LogP contribution in [0.25, 0.3) is 0 Å². The highest BCUT2D eigenvalue weighted by molar-refractivity contribution is 5.78. The molecule has 0 amide bonds. The van der Waals surface area contributed by atoms with Gasteiger partial charge in [0.05, 0.1) is 0 Å². The molecule has 2 fully saturated rings. The number of hydrogen-bond acceptors (Lipinski definition) is 2. The first-order chi connectivity index (χ1) is 8.35. The summed E-state index contributed by atoms with van der Waals surface area (Å²) in [6.45, 7) is 7.55. The molecule has 0 spiro atoms. The molecule has 1 aliphatic carbocycles. The highest BCUT2D eigenvalue weighted by atomic mass is 16.4. The fourth-order valence-corrected chi connectivity index (χ4v) is 3.65. The summed E-state index contributed by atoms with van der Waals surface area (Å²) in [5.74, 6) is -0.632. The van der Waals surface area contributed by atoms with Crippen LogP contribution in [0, 0.1) is 5.41 Å². The minimum Gasteiger partial charge on any atom is -0.480 e. The number of rotatable bonds is 2. The lowest BCUT2D eigenvalue weighted by atomic mass is 9.73. The summed E-state index contributed by atoms with van der Waals surface area (Å²) in [5, 5.41) is 9.56. The number of carbonyl (C=O) groups is 1. The Labute approximate surface area is 111 Å². The Kier molecular flexibility index (Phi) is 3.72. The van der Waals surface area contributed by atoms with Crippen molar-refractivity contribution in [2.24, 2.45) is 5.41 Å². The summed E-state index contributed by atoms with van der Waals surface area (Å²) in [6.07, 6.45) is 7.79. The van der Waals surface area contributed by atoms with Crippen molar-refractivity contribution in [2.45, 2.75) is 77.3 Å². The molecule has 1 unspecified atom stereocenters. The average Bonchev–Trinajstić information content (AvgIpc) is 2.30. The van der Waals surface area contributed by atoms with Crippen LogP contribution in [0.15, 0.2) is 0 Å². The van der Waals surface area contributed by atoms with Gasteiger partial charge in [-0.25, -0.2) is 0 Å². The lowest BCUT2D eigenvalue weighted by Gasteiger charge is -2.49. The molecule has 1 saturated heterocycles. The second-order valence-corrected chi connectivity index (χ2v) is 7.12. The highest BCUT2D eigenvalue weighted by Gasteiger charge is 2.45. The van der Waals surface area contributed by atoms with Crippen LogP contribution < -0.4 is 0 Å². The molecule has 0 aromatic rings. The van der Waals surface area contributed by atoms with Crippen molar-refractivity contribution < 1.29 is 9.90 Å². The third kappa shape index (κ3) is 2.56. The van der Waals surface area contributed by atoms with Gasteiger partial charge in [-0.05, 0) is 63.8 Å². The number of piperidine rings is 1. The van der Waals surface area contributed by atoms with Crippen LogP contribution in [0.2, 0.25) is 0 Å². The predicted molar refractivity (Wildman–Crippen MR) is 72.6 cm³/mol. The van der Waals surface area contributed by atoms with Crippen molar-refractivity contribution in [3.63, 3.8) is 0 Å². The van der Waals surface area contributed by atoms with E-state index in [4.69, 9.17) is 0 Å². The van der Waals surface area contributed by atoms with Gasteiger partial charge in [0.25, 0.3) is 0 Å². The van der Waals surface area contributed by atoms with Crippen LogP contribution in [0.1, 0.15) is 65.7 Å². The Balaban J connectivity index is 2.09. The molecule has 3 nitrogen and oxygen atoms in total. The first kappa shape index (κ1) is 13.9. The van der Waals surface area contributed by atoms with E-state index in [2.05, 4.69) is 18.7 Å². The normalized spacial score (nSPS) is 34.4. The summed E-state index contributed by atoms with van der Waals surface area (Å²) in [5.41, 5.74) is -0.170. The maximum absolute atomic E-state index is 11.6. The van der Waals surface area contributed by atoms with Crippen LogP contribution in [-0.2, 0) is 4.79 Å². The first-order valence-electron chi connectivity index (χ1n) is 7.35. The van der Waals surface area contributed by atoms with E-state index in [9.17, 15) is 9.90 Å². The number of hydrogen-bond donors (Lipinski definition) is 1. The molecule has 0 bridgehead atoms. The van der Waals surface area contributed by atoms with E-state index >= 15 is 0 Å². The average molecular weight is 253 g/mol. The second kappa shape index (κ2) is 4.84. The number of carboxylic acids is 1. The van der Waals surface area contributed by atoms with Crippen molar-refractivity contribution >= 4 is 5.97 Å². The van der Waals surface area contributed by atoms with E-state index in [1.807, 2.05) is 6.92 Å². The third-order valence-electron chi connectivity index (χ3n) is 5.16. The second-order valence-electron chi connectivity index (χ2n) is 7.12. The quantitative estimate of drug-likeness (QED) is 0.821. The third-order valence-corrected chi connectivity index (χ3v) is 5.16. The number of aliphatic carboxylic acids is 1. The van der Waals surface area contributed by atoms with Crippen molar-refractivity contribution in [1.82, 2.24) is 4.90 Å². The number of nitrogens with zero attached hydrogens (tertiary/aromatic N) is 1. The molecule has 1 saturated carbocycles. The zero-order valence-electron chi connectivity index (χ0n) is 12.0. The van der Waals surface area contributed by atoms with Crippen LogP contribution in [-0.4, -0.2) is 34.1 Å². The molecule has 3 heteroatoms. The SMILES string of the molecule is CC1(C)CCC(N2CCCCC2(C)C(=O)O)CC1. The Morgan fingerprint density at radius 1 is 1.11 bits per heavy atom. The molecule has 1 N–H and O–H groups in total. The van der Waals surface area contributed by atoms with Gasteiger partial charge in [0, 0.05) is 6.04 Å². The van der Waals surface area contributed by atoms with Gasteiger partial charge in [0.1, 0.15) is 5.54 Å². The van der Waals surface area contributed by atoms with E-state index in [0.717, 1.165) is 38.6 Å². The topological polar surface area (TPSA) is 40.5 Å². The van der Waals surface area contributed by atoms with Gasteiger partial charge in [-0.1, -0.05) is 13.8 Å². The Morgan fingerprint density at radius 2 is 1.72 bits per heavy atom. The molecule has 1 aliphatic heterocycles. The van der Waals surface area contributed by atoms with Crippen LogP contribution >= 0.6 is 0 Å². The zero-order chi connectivity index (χ0) is 13.4. The predicted octanol–water partition coefficient (Wildman–Crippen LogP) is 3.28. The van der Waals surface area contributed by atoms with Gasteiger partial charge in [0.15, 0.2) is 0 Å². The lowest BCUT2D eigenvalue weighted by Crippen LogP contribution is -2.59. The molecule has 0 aromatic carbocycles. The summed E-state index contributed by atoms with van der Waals surface area (Å²) >= 11 is 0. The summed E-state index contributed by atoms with van der Waals surface area (Å²) in [4.78, 5) is 13.9. The molecule has 0 aromatic heterocycles. The van der Waals surface area contributed by atoms with Gasteiger partial charge in [0.2, 0.25) is 0 Å². The molecule has 2 rings (SSSR count). The minimum atomic E-state index is -0.632. The highest BCUT2D eigenvalue weighted by Crippen LogP contribution is 2.40. The fraction of sp³-hybridized carbons (Fsp3) is 0.933. The van der Waals surface area contributed by atoms with Crippen LogP contribution in [0.3, 0.4) is 0 Å². The smallest absolute Gasteiger partial charge is 0.323 e. The largest absolute Gasteiger partial charge is 0.480 e. The van der Waals surface area contributed by atoms with Crippen molar-refractivity contribution in [3.8, 4) is 0 Å². The molecule has 104 valence electrons. The number of carboxylic acid groups (broad SMARTS) is 1. The van der Waals surface area contributed by atoms with Crippen molar-refractivity contribution in [3.05, 3.63) is 0 Å². The summed E-state index contributed by atoms with van der Waals surface area (Å²) in [7, 11) is 0. The molecule has 2 aliphatic rings. The molecular weight excluding hydrogens is 226 g/mol. The van der Waals surface area contributed by atoms with Crippen LogP contribution in [0.4, 0.5) is 0 Å². The molecular formula is C15H27NO2.